The number of benzene rings is 2. The van der Waals surface area contributed by atoms with Crippen LogP contribution in [0.3, 0.4) is 0 Å². The largest absolute Gasteiger partial charge is 0.428 e. The van der Waals surface area contributed by atoms with E-state index in [0.717, 1.165) is 18.2 Å². The molecule has 2 heterocycles. The molecule has 29 heavy (non-hydrogen) atoms. The molecule has 4 rings (SSSR count). The van der Waals surface area contributed by atoms with Gasteiger partial charge in [-0.15, -0.1) is 0 Å². The van der Waals surface area contributed by atoms with Crippen molar-refractivity contribution in [3.8, 4) is 5.69 Å². The van der Waals surface area contributed by atoms with Gasteiger partial charge in [0.15, 0.2) is 0 Å². The summed E-state index contributed by atoms with van der Waals surface area (Å²) >= 11 is 11.8. The third-order valence-electron chi connectivity index (χ3n) is 4.39. The van der Waals surface area contributed by atoms with E-state index in [2.05, 4.69) is 15.6 Å². The van der Waals surface area contributed by atoms with Crippen LogP contribution < -0.4 is 11.2 Å². The molecule has 11 heteroatoms. The Balaban J connectivity index is 1.79. The fourth-order valence-electron chi connectivity index (χ4n) is 3.02. The fourth-order valence-corrected chi connectivity index (χ4v) is 3.54. The number of hydrogen-bond donors (Lipinski definition) is 2. The first-order valence-corrected chi connectivity index (χ1v) is 8.90. The monoisotopic (exact) mass is 441 g/mol. The van der Waals surface area contributed by atoms with Crippen molar-refractivity contribution in [3.05, 3.63) is 76.3 Å². The maximum Gasteiger partial charge on any atom is 0.428 e. The Morgan fingerprint density at radius 2 is 1.83 bits per heavy atom. The fraction of sp³-hybridized carbons (Fsp3) is 0.111. The highest BCUT2D eigenvalue weighted by Crippen LogP contribution is 2.48. The lowest BCUT2D eigenvalue weighted by Crippen LogP contribution is -2.42. The summed E-state index contributed by atoms with van der Waals surface area (Å²) in [6.45, 7) is 0. The smallest absolute Gasteiger partial charge is 0.397 e. The van der Waals surface area contributed by atoms with E-state index in [4.69, 9.17) is 33.8 Å². The Morgan fingerprint density at radius 1 is 1.10 bits per heavy atom. The lowest BCUT2D eigenvalue weighted by molar-refractivity contribution is -0.269. The lowest BCUT2D eigenvalue weighted by atomic mass is 9.91. The molecule has 2 aromatic carbocycles. The molecule has 3 aromatic rings. The van der Waals surface area contributed by atoms with E-state index in [1.54, 1.807) is 12.1 Å². The zero-order valence-electron chi connectivity index (χ0n) is 14.4. The number of nitrogens with two attached hydrogens (primary N) is 1. The third-order valence-corrected chi connectivity index (χ3v) is 4.82. The van der Waals surface area contributed by atoms with Crippen LogP contribution in [0.5, 0.6) is 0 Å². The van der Waals surface area contributed by atoms with Gasteiger partial charge in [0.25, 0.3) is 0 Å². The van der Waals surface area contributed by atoms with E-state index in [1.165, 1.54) is 29.5 Å². The van der Waals surface area contributed by atoms with Gasteiger partial charge in [-0.2, -0.15) is 18.3 Å². The van der Waals surface area contributed by atoms with E-state index in [-0.39, 0.29) is 21.3 Å². The molecule has 1 aromatic heterocycles. The number of rotatable bonds is 3. The first-order valence-electron chi connectivity index (χ1n) is 8.15. The van der Waals surface area contributed by atoms with Gasteiger partial charge in [0.1, 0.15) is 12.7 Å². The molecular weight excluding hydrogens is 430 g/mol. The normalized spacial score (nSPS) is 19.1. The van der Waals surface area contributed by atoms with Crippen molar-refractivity contribution in [1.29, 1.82) is 0 Å². The van der Waals surface area contributed by atoms with Gasteiger partial charge in [-0.1, -0.05) is 29.3 Å². The number of hydroxylamine groups is 1. The Kier molecular flexibility index (Phi) is 4.68. The minimum Gasteiger partial charge on any atom is -0.397 e. The summed E-state index contributed by atoms with van der Waals surface area (Å²) in [6, 6.07) is 8.37. The van der Waals surface area contributed by atoms with Crippen LogP contribution in [0.25, 0.3) is 11.4 Å². The van der Waals surface area contributed by atoms with Crippen molar-refractivity contribution in [3.63, 3.8) is 0 Å². The van der Waals surface area contributed by atoms with Gasteiger partial charge in [-0.25, -0.2) is 9.67 Å². The average Bonchev–Trinajstić information content (AvgIpc) is 3.31. The van der Waals surface area contributed by atoms with Crippen LogP contribution >= 0.6 is 23.2 Å². The number of nitrogens with one attached hydrogen (secondary N) is 1. The van der Waals surface area contributed by atoms with Crippen LogP contribution in [0.4, 0.5) is 18.9 Å². The highest BCUT2D eigenvalue weighted by molar-refractivity contribution is 6.34. The van der Waals surface area contributed by atoms with E-state index in [0.29, 0.717) is 16.9 Å². The first kappa shape index (κ1) is 19.6. The Morgan fingerprint density at radius 3 is 2.41 bits per heavy atom. The topological polar surface area (TPSA) is 78.0 Å². The SMILES string of the molecule is Nc1cc(C2=CC(c3cc(Cl)cc(Cl)c3)(C(F)(F)F)ON2)ccc1-n1cncn1. The molecule has 0 bridgehead atoms. The van der Waals surface area contributed by atoms with Crippen molar-refractivity contribution in [2.45, 2.75) is 11.8 Å². The Labute approximate surface area is 172 Å². The van der Waals surface area contributed by atoms with Crippen LogP contribution in [-0.4, -0.2) is 20.9 Å². The first-order chi connectivity index (χ1) is 13.7. The molecule has 0 fully saturated rings. The number of nitrogens with zero attached hydrogens (tertiary/aromatic N) is 3. The minimum absolute atomic E-state index is 0.0583. The number of anilines is 1. The number of aromatic nitrogens is 3. The number of hydrogen-bond acceptors (Lipinski definition) is 5. The van der Waals surface area contributed by atoms with Crippen LogP contribution in [-0.2, 0) is 10.4 Å². The van der Waals surface area contributed by atoms with Crippen LogP contribution in [0.2, 0.25) is 10.0 Å². The second-order valence-electron chi connectivity index (χ2n) is 6.27. The quantitative estimate of drug-likeness (QED) is 0.585. The maximum absolute atomic E-state index is 14.0. The standard InChI is InChI=1S/C18H12Cl2F3N5O/c19-12-4-11(5-13(20)6-12)17(18(21,22)23)7-15(27-29-17)10-1-2-16(14(24)3-10)28-9-25-8-26-28/h1-9,27H,24H2. The third kappa shape index (κ3) is 3.41. The highest BCUT2D eigenvalue weighted by Gasteiger charge is 2.59. The summed E-state index contributed by atoms with van der Waals surface area (Å²) < 4.78 is 43.6. The Hall–Kier alpha value is -2.75. The van der Waals surface area contributed by atoms with Gasteiger partial charge >= 0.3 is 6.18 Å². The second-order valence-corrected chi connectivity index (χ2v) is 7.14. The average molecular weight is 442 g/mol. The van der Waals surface area contributed by atoms with E-state index in [9.17, 15) is 13.2 Å². The van der Waals surface area contributed by atoms with Crippen molar-refractivity contribution >= 4 is 34.6 Å². The predicted octanol–water partition coefficient (Wildman–Crippen LogP) is 4.49. The molecule has 0 radical (unpaired) electrons. The molecule has 0 spiro atoms. The van der Waals surface area contributed by atoms with E-state index >= 15 is 0 Å². The summed E-state index contributed by atoms with van der Waals surface area (Å²) in [7, 11) is 0. The molecule has 6 nitrogen and oxygen atoms in total. The molecule has 3 N–H and O–H groups in total. The highest BCUT2D eigenvalue weighted by atomic mass is 35.5. The van der Waals surface area contributed by atoms with Gasteiger partial charge in [0.05, 0.1) is 17.1 Å². The van der Waals surface area contributed by atoms with Gasteiger partial charge < -0.3 is 5.73 Å². The molecule has 1 aliphatic rings. The van der Waals surface area contributed by atoms with Crippen molar-refractivity contribution in [2.24, 2.45) is 0 Å². The molecule has 0 aliphatic carbocycles. The summed E-state index contributed by atoms with van der Waals surface area (Å²) in [5.74, 6) is 0. The molecule has 0 amide bonds. The minimum atomic E-state index is -4.79. The lowest BCUT2D eigenvalue weighted by Gasteiger charge is -2.28. The number of halogens is 5. The summed E-state index contributed by atoms with van der Waals surface area (Å²) in [6.07, 6.45) is -1.06. The Bertz CT molecular complexity index is 1080. The molecule has 150 valence electrons. The van der Waals surface area contributed by atoms with Gasteiger partial charge in [-0.3, -0.25) is 10.3 Å². The maximum atomic E-state index is 14.0. The van der Waals surface area contributed by atoms with Crippen molar-refractivity contribution in [1.82, 2.24) is 20.2 Å². The summed E-state index contributed by atoms with van der Waals surface area (Å²) in [5, 5.41) is 4.10. The zero-order valence-corrected chi connectivity index (χ0v) is 15.9. The zero-order chi connectivity index (χ0) is 20.8. The van der Waals surface area contributed by atoms with Crippen LogP contribution in [0.15, 0.2) is 55.1 Å². The van der Waals surface area contributed by atoms with E-state index in [1.807, 2.05) is 0 Å². The summed E-state index contributed by atoms with van der Waals surface area (Å²) in [4.78, 5) is 8.90. The van der Waals surface area contributed by atoms with Crippen LogP contribution in [0.1, 0.15) is 11.1 Å². The second kappa shape index (κ2) is 6.94. The van der Waals surface area contributed by atoms with Gasteiger partial charge in [0, 0.05) is 21.2 Å². The van der Waals surface area contributed by atoms with E-state index < -0.39 is 11.8 Å². The van der Waals surface area contributed by atoms with Gasteiger partial charge in [-0.05, 0) is 36.4 Å². The molecule has 1 aliphatic heterocycles. The van der Waals surface area contributed by atoms with Crippen molar-refractivity contribution < 1.29 is 18.0 Å². The van der Waals surface area contributed by atoms with Crippen LogP contribution in [0, 0.1) is 0 Å². The number of alkyl halides is 3. The van der Waals surface area contributed by atoms with Gasteiger partial charge in [0.2, 0.25) is 5.60 Å². The molecule has 1 unspecified atom stereocenters. The number of nitrogen functional groups attached to an aromatic ring is 1. The molecule has 0 saturated carbocycles. The molecule has 1 atom stereocenters. The van der Waals surface area contributed by atoms with Crippen molar-refractivity contribution in [2.75, 3.05) is 5.73 Å². The molecular formula is C18H12Cl2F3N5O. The molecule has 0 saturated heterocycles. The predicted molar refractivity (Wildman–Crippen MR) is 102 cm³/mol. The summed E-state index contributed by atoms with van der Waals surface area (Å²) in [5.41, 5.74) is 6.70.